The number of amides is 2. The maximum atomic E-state index is 13.4. The van der Waals surface area contributed by atoms with E-state index in [-0.39, 0.29) is 35.7 Å². The van der Waals surface area contributed by atoms with E-state index in [1.807, 2.05) is 4.72 Å². The normalized spacial score (nSPS) is 17.6. The number of rotatable bonds is 5. The molecule has 1 heterocycles. The lowest BCUT2D eigenvalue weighted by Gasteiger charge is -2.33. The van der Waals surface area contributed by atoms with Gasteiger partial charge in [0, 0.05) is 13.1 Å². The third-order valence-corrected chi connectivity index (χ3v) is 7.91. The highest BCUT2D eigenvalue weighted by Crippen LogP contribution is 2.38. The fraction of sp³-hybridized carbons (Fsp3) is 0.391. The van der Waals surface area contributed by atoms with Crippen molar-refractivity contribution in [1.82, 2.24) is 9.62 Å². The van der Waals surface area contributed by atoms with Gasteiger partial charge in [-0.3, -0.25) is 9.59 Å². The van der Waals surface area contributed by atoms with Crippen molar-refractivity contribution < 1.29 is 31.2 Å². The van der Waals surface area contributed by atoms with Gasteiger partial charge in [-0.25, -0.2) is 13.1 Å². The third-order valence-electron chi connectivity index (χ3n) is 6.09. The molecule has 0 spiro atoms. The number of carbonyl (C=O) groups excluding carboxylic acids is 2. The predicted octanol–water partition coefficient (Wildman–Crippen LogP) is 3.95. The van der Waals surface area contributed by atoms with E-state index in [0.717, 1.165) is 6.07 Å². The number of sulfonamides is 1. The van der Waals surface area contributed by atoms with Crippen molar-refractivity contribution in [1.29, 1.82) is 0 Å². The molecule has 1 saturated heterocycles. The highest BCUT2D eigenvalue weighted by Gasteiger charge is 2.38. The average Bonchev–Trinajstić information content (AvgIpc) is 3.64. The number of hydrogen-bond donors (Lipinski definition) is 1. The molecule has 0 unspecified atom stereocenters. The largest absolute Gasteiger partial charge is 0.416 e. The number of halogens is 3. The van der Waals surface area contributed by atoms with Gasteiger partial charge in [-0.05, 0) is 55.4 Å². The molecule has 0 radical (unpaired) electrons. The summed E-state index contributed by atoms with van der Waals surface area (Å²) in [5.74, 6) is -1.65. The van der Waals surface area contributed by atoms with E-state index in [2.05, 4.69) is 0 Å². The number of carbonyl (C=O) groups is 2. The van der Waals surface area contributed by atoms with Crippen molar-refractivity contribution in [3.05, 3.63) is 70.8 Å². The van der Waals surface area contributed by atoms with Gasteiger partial charge in [0.15, 0.2) is 0 Å². The van der Waals surface area contributed by atoms with Gasteiger partial charge in [0.05, 0.1) is 21.9 Å². The second-order valence-corrected chi connectivity index (χ2v) is 10.3. The number of nitrogens with zero attached hydrogens (tertiary/aromatic N) is 1. The Bertz CT molecular complexity index is 1170. The van der Waals surface area contributed by atoms with Gasteiger partial charge in [-0.1, -0.05) is 30.3 Å². The quantitative estimate of drug-likeness (QED) is 0.703. The number of nitrogens with one attached hydrogen (secondary N) is 1. The Hall–Kier alpha value is -2.88. The van der Waals surface area contributed by atoms with Crippen molar-refractivity contribution in [3.63, 3.8) is 0 Å². The topological polar surface area (TPSA) is 83.5 Å². The molecule has 33 heavy (non-hydrogen) atoms. The van der Waals surface area contributed by atoms with Crippen LogP contribution < -0.4 is 4.72 Å². The molecule has 0 atom stereocenters. The minimum atomic E-state index is -4.45. The van der Waals surface area contributed by atoms with E-state index in [4.69, 9.17) is 0 Å². The van der Waals surface area contributed by atoms with Gasteiger partial charge >= 0.3 is 6.18 Å². The Morgan fingerprint density at radius 1 is 0.879 bits per heavy atom. The van der Waals surface area contributed by atoms with Crippen LogP contribution in [-0.2, 0) is 16.2 Å². The van der Waals surface area contributed by atoms with Crippen LogP contribution >= 0.6 is 0 Å². The van der Waals surface area contributed by atoms with Gasteiger partial charge in [0.25, 0.3) is 11.8 Å². The number of alkyl halides is 3. The minimum Gasteiger partial charge on any atom is -0.339 e. The molecular formula is C23H23F3N2O4S. The number of piperidine rings is 1. The van der Waals surface area contributed by atoms with Crippen molar-refractivity contribution in [2.75, 3.05) is 13.1 Å². The van der Waals surface area contributed by atoms with Crippen LogP contribution in [0.15, 0.2) is 48.5 Å². The van der Waals surface area contributed by atoms with E-state index in [9.17, 15) is 31.2 Å². The van der Waals surface area contributed by atoms with Gasteiger partial charge in [-0.2, -0.15) is 13.2 Å². The molecule has 4 rings (SSSR count). The fourth-order valence-corrected chi connectivity index (χ4v) is 5.48. The summed E-state index contributed by atoms with van der Waals surface area (Å²) in [5.41, 5.74) is -0.415. The molecule has 10 heteroatoms. The summed E-state index contributed by atoms with van der Waals surface area (Å²) >= 11 is 0. The van der Waals surface area contributed by atoms with Crippen LogP contribution in [0.1, 0.15) is 63.4 Å². The molecular weight excluding hydrogens is 457 g/mol. The Balaban J connectivity index is 1.48. The molecule has 1 saturated carbocycles. The average molecular weight is 481 g/mol. The fourth-order valence-electron chi connectivity index (χ4n) is 4.19. The molecule has 0 bridgehead atoms. The monoisotopic (exact) mass is 480 g/mol. The molecule has 176 valence electrons. The first-order chi connectivity index (χ1) is 15.6. The van der Waals surface area contributed by atoms with E-state index < -0.39 is 38.8 Å². The molecule has 2 aromatic carbocycles. The van der Waals surface area contributed by atoms with Gasteiger partial charge in [0.2, 0.25) is 10.0 Å². The van der Waals surface area contributed by atoms with E-state index in [0.29, 0.717) is 25.7 Å². The smallest absolute Gasteiger partial charge is 0.339 e. The first-order valence-electron chi connectivity index (χ1n) is 10.7. The molecule has 1 N–H and O–H groups in total. The van der Waals surface area contributed by atoms with Crippen LogP contribution in [0.3, 0.4) is 0 Å². The summed E-state index contributed by atoms with van der Waals surface area (Å²) in [7, 11) is -3.77. The van der Waals surface area contributed by atoms with Crippen molar-refractivity contribution in [3.8, 4) is 0 Å². The lowest BCUT2D eigenvalue weighted by molar-refractivity contribution is -0.138. The number of likely N-dealkylation sites (tertiary alicyclic amines) is 1. The minimum absolute atomic E-state index is 0.0451. The maximum Gasteiger partial charge on any atom is 0.416 e. The lowest BCUT2D eigenvalue weighted by Crippen LogP contribution is -2.40. The SMILES string of the molecule is O=C(NS(=O)(=O)C1CC1)c1ccccc1C(=O)N1CCC(c2ccccc2C(F)(F)F)CC1. The van der Waals surface area contributed by atoms with Crippen LogP contribution in [0.2, 0.25) is 0 Å². The highest BCUT2D eigenvalue weighted by atomic mass is 32.2. The highest BCUT2D eigenvalue weighted by molar-refractivity contribution is 7.91. The van der Waals surface area contributed by atoms with Crippen LogP contribution in [-0.4, -0.2) is 43.5 Å². The predicted molar refractivity (Wildman–Crippen MR) is 115 cm³/mol. The standard InChI is InChI=1S/C23H23F3N2O4S/c24-23(25,26)20-8-4-3-5-17(20)15-11-13-28(14-12-15)22(30)19-7-2-1-6-18(19)21(29)27-33(31,32)16-9-10-16/h1-8,15-16H,9-14H2,(H,27,29). The first kappa shape index (κ1) is 23.3. The van der Waals surface area contributed by atoms with E-state index in [1.165, 1.54) is 35.2 Å². The van der Waals surface area contributed by atoms with Gasteiger partial charge < -0.3 is 4.90 Å². The van der Waals surface area contributed by atoms with Gasteiger partial charge in [0.1, 0.15) is 0 Å². The second kappa shape index (κ2) is 8.81. The first-order valence-corrected chi connectivity index (χ1v) is 12.2. The Morgan fingerprint density at radius 2 is 1.45 bits per heavy atom. The number of benzene rings is 2. The third kappa shape index (κ3) is 5.05. The number of hydrogen-bond acceptors (Lipinski definition) is 4. The van der Waals surface area contributed by atoms with Crippen LogP contribution in [0.4, 0.5) is 13.2 Å². The molecule has 2 amide bonds. The van der Waals surface area contributed by atoms with Crippen LogP contribution in [0, 0.1) is 0 Å². The summed E-state index contributed by atoms with van der Waals surface area (Å²) in [6.07, 6.45) is -2.76. The molecule has 2 aliphatic rings. The van der Waals surface area contributed by atoms with Crippen molar-refractivity contribution in [2.45, 2.75) is 43.0 Å². The van der Waals surface area contributed by atoms with E-state index >= 15 is 0 Å². The summed E-state index contributed by atoms with van der Waals surface area (Å²) in [6.45, 7) is 0.456. The molecule has 2 fully saturated rings. The van der Waals surface area contributed by atoms with Crippen molar-refractivity contribution in [2.24, 2.45) is 0 Å². The summed E-state index contributed by atoms with van der Waals surface area (Å²) < 4.78 is 66.4. The molecule has 1 aliphatic heterocycles. The van der Waals surface area contributed by atoms with Gasteiger partial charge in [-0.15, -0.1) is 0 Å². The molecule has 2 aromatic rings. The Labute approximate surface area is 189 Å². The molecule has 0 aromatic heterocycles. The summed E-state index contributed by atoms with van der Waals surface area (Å²) in [4.78, 5) is 27.2. The van der Waals surface area contributed by atoms with E-state index in [1.54, 1.807) is 12.1 Å². The Morgan fingerprint density at radius 3 is 2.06 bits per heavy atom. The molecule has 1 aliphatic carbocycles. The zero-order chi connectivity index (χ0) is 23.8. The summed E-state index contributed by atoms with van der Waals surface area (Å²) in [5, 5.41) is -0.581. The van der Waals surface area contributed by atoms with Crippen LogP contribution in [0.25, 0.3) is 0 Å². The maximum absolute atomic E-state index is 13.4. The molecule has 6 nitrogen and oxygen atoms in total. The van der Waals surface area contributed by atoms with Crippen LogP contribution in [0.5, 0.6) is 0 Å². The lowest BCUT2D eigenvalue weighted by atomic mass is 9.86. The van der Waals surface area contributed by atoms with Crippen molar-refractivity contribution >= 4 is 21.8 Å². The zero-order valence-corrected chi connectivity index (χ0v) is 18.5. The Kier molecular flexibility index (Phi) is 6.22. The zero-order valence-electron chi connectivity index (χ0n) is 17.6. The second-order valence-electron chi connectivity index (χ2n) is 8.37. The summed E-state index contributed by atoms with van der Waals surface area (Å²) in [6, 6.07) is 11.4.